The fraction of sp³-hybridized carbons (Fsp3) is 0.350. The first-order chi connectivity index (χ1) is 13.8. The van der Waals surface area contributed by atoms with Gasteiger partial charge in [-0.2, -0.15) is 0 Å². The van der Waals surface area contributed by atoms with E-state index in [1.54, 1.807) is 12.4 Å². The predicted octanol–water partition coefficient (Wildman–Crippen LogP) is 2.14. The predicted molar refractivity (Wildman–Crippen MR) is 111 cm³/mol. The first-order valence-corrected chi connectivity index (χ1v) is 10.4. The normalized spacial score (nSPS) is 16.2. The second-order valence-corrected chi connectivity index (χ2v) is 7.78. The minimum absolute atomic E-state index is 0.406. The van der Waals surface area contributed by atoms with Gasteiger partial charge >= 0.3 is 0 Å². The van der Waals surface area contributed by atoms with E-state index in [-0.39, 0.29) is 0 Å². The number of aliphatic hydroxyl groups excluding tert-OH is 1. The van der Waals surface area contributed by atoms with Gasteiger partial charge in [0.25, 0.3) is 0 Å². The average molecular weight is 397 g/mol. The van der Waals surface area contributed by atoms with E-state index in [1.807, 2.05) is 18.2 Å². The van der Waals surface area contributed by atoms with Crippen molar-refractivity contribution in [3.8, 4) is 11.4 Å². The summed E-state index contributed by atoms with van der Waals surface area (Å²) in [6, 6.07) is 14.3. The molecule has 1 aliphatic rings. The van der Waals surface area contributed by atoms with Gasteiger partial charge in [0.05, 0.1) is 6.10 Å². The number of benzene rings is 1. The van der Waals surface area contributed by atoms with Crippen LogP contribution in [0, 0.1) is 0 Å². The van der Waals surface area contributed by atoms with Gasteiger partial charge < -0.3 is 10.0 Å². The van der Waals surface area contributed by atoms with E-state index >= 15 is 0 Å². The number of rotatable bonds is 7. The highest BCUT2D eigenvalue weighted by Gasteiger charge is 2.20. The van der Waals surface area contributed by atoms with Gasteiger partial charge in [-0.15, -0.1) is 5.10 Å². The lowest BCUT2D eigenvalue weighted by molar-refractivity contribution is 0.126. The van der Waals surface area contributed by atoms with E-state index in [1.165, 1.54) is 17.4 Å². The molecule has 2 N–H and O–H groups in total. The van der Waals surface area contributed by atoms with Gasteiger partial charge in [0.15, 0.2) is 5.82 Å². The summed E-state index contributed by atoms with van der Waals surface area (Å²) in [4.78, 5) is 13.2. The van der Waals surface area contributed by atoms with Crippen molar-refractivity contribution in [3.63, 3.8) is 0 Å². The van der Waals surface area contributed by atoms with Crippen molar-refractivity contribution in [3.05, 3.63) is 54.9 Å². The molecule has 1 atom stereocenters. The van der Waals surface area contributed by atoms with Crippen LogP contribution in [0.1, 0.15) is 0 Å². The minimum atomic E-state index is -0.406. The van der Waals surface area contributed by atoms with Crippen LogP contribution in [0.15, 0.2) is 60.0 Å². The van der Waals surface area contributed by atoms with Crippen LogP contribution in [0.3, 0.4) is 0 Å². The molecule has 3 heterocycles. The van der Waals surface area contributed by atoms with Crippen molar-refractivity contribution < 1.29 is 5.11 Å². The first kappa shape index (κ1) is 18.9. The molecular formula is C20H24N6OS. The van der Waals surface area contributed by atoms with Gasteiger partial charge in [0, 0.05) is 62.1 Å². The van der Waals surface area contributed by atoms with E-state index in [9.17, 15) is 5.11 Å². The number of hydrogen-bond acceptors (Lipinski definition) is 7. The number of thioether (sulfide) groups is 1. The third-order valence-electron chi connectivity index (χ3n) is 4.79. The molecule has 146 valence electrons. The smallest absolute Gasteiger partial charge is 0.208 e. The maximum atomic E-state index is 10.4. The highest BCUT2D eigenvalue weighted by Crippen LogP contribution is 2.20. The lowest BCUT2D eigenvalue weighted by atomic mass is 10.2. The second kappa shape index (κ2) is 9.18. The number of pyridine rings is 1. The Kier molecular flexibility index (Phi) is 6.20. The number of piperazine rings is 1. The van der Waals surface area contributed by atoms with Crippen molar-refractivity contribution in [1.82, 2.24) is 25.1 Å². The molecule has 0 bridgehead atoms. The Labute approximate surface area is 168 Å². The SMILES string of the molecule is OC(CSc1n[nH]c(-c2ccncc2)n1)CN1CCN(c2ccccc2)CC1. The third-order valence-corrected chi connectivity index (χ3v) is 5.78. The molecule has 1 saturated heterocycles. The van der Waals surface area contributed by atoms with Crippen LogP contribution < -0.4 is 4.90 Å². The zero-order valence-corrected chi connectivity index (χ0v) is 16.4. The summed E-state index contributed by atoms with van der Waals surface area (Å²) >= 11 is 1.47. The molecule has 4 rings (SSSR count). The van der Waals surface area contributed by atoms with Crippen LogP contribution in [0.2, 0.25) is 0 Å². The fourth-order valence-corrected chi connectivity index (χ4v) is 4.01. The molecule has 0 amide bonds. The lowest BCUT2D eigenvalue weighted by Gasteiger charge is -2.36. The van der Waals surface area contributed by atoms with Gasteiger partial charge in [-0.1, -0.05) is 30.0 Å². The van der Waals surface area contributed by atoms with Crippen molar-refractivity contribution >= 4 is 17.4 Å². The number of nitrogens with zero attached hydrogens (tertiary/aromatic N) is 5. The molecule has 0 radical (unpaired) electrons. The maximum Gasteiger partial charge on any atom is 0.208 e. The Morgan fingerprint density at radius 1 is 1.04 bits per heavy atom. The fourth-order valence-electron chi connectivity index (χ4n) is 3.30. The topological polar surface area (TPSA) is 81.2 Å². The van der Waals surface area contributed by atoms with Crippen LogP contribution in [0.25, 0.3) is 11.4 Å². The van der Waals surface area contributed by atoms with Crippen molar-refractivity contribution in [1.29, 1.82) is 0 Å². The Morgan fingerprint density at radius 2 is 1.79 bits per heavy atom. The molecule has 1 fully saturated rings. The zero-order chi connectivity index (χ0) is 19.2. The minimum Gasteiger partial charge on any atom is -0.391 e. The highest BCUT2D eigenvalue weighted by molar-refractivity contribution is 7.99. The van der Waals surface area contributed by atoms with E-state index in [0.717, 1.165) is 37.6 Å². The standard InChI is InChI=1S/C20H24N6OS/c27-18(14-25-10-12-26(13-11-25)17-4-2-1-3-5-17)15-28-20-22-19(23-24-20)16-6-8-21-9-7-16/h1-9,18,27H,10-15H2,(H,22,23,24). The van der Waals surface area contributed by atoms with Gasteiger partial charge in [0.2, 0.25) is 5.16 Å². The Morgan fingerprint density at radius 3 is 2.54 bits per heavy atom. The Balaban J connectivity index is 1.21. The monoisotopic (exact) mass is 396 g/mol. The number of aromatic amines is 1. The summed E-state index contributed by atoms with van der Waals surface area (Å²) in [5.74, 6) is 1.29. The third kappa shape index (κ3) is 4.89. The van der Waals surface area contributed by atoms with E-state index in [4.69, 9.17) is 0 Å². The van der Waals surface area contributed by atoms with E-state index < -0.39 is 6.10 Å². The summed E-state index contributed by atoms with van der Waals surface area (Å²) in [6.45, 7) is 4.57. The molecule has 8 heteroatoms. The summed E-state index contributed by atoms with van der Waals surface area (Å²) in [7, 11) is 0. The number of H-pyrrole nitrogens is 1. The summed E-state index contributed by atoms with van der Waals surface area (Å²) in [5.41, 5.74) is 2.22. The van der Waals surface area contributed by atoms with Gasteiger partial charge in [-0.25, -0.2) is 4.98 Å². The van der Waals surface area contributed by atoms with Crippen LogP contribution in [-0.4, -0.2) is 74.8 Å². The Hall–Kier alpha value is -2.42. The molecule has 3 aromatic rings. The van der Waals surface area contributed by atoms with Gasteiger partial charge in [-0.05, 0) is 24.3 Å². The molecule has 0 spiro atoms. The van der Waals surface area contributed by atoms with Gasteiger partial charge in [0.1, 0.15) is 0 Å². The molecule has 28 heavy (non-hydrogen) atoms. The molecule has 1 aromatic carbocycles. The molecule has 1 unspecified atom stereocenters. The highest BCUT2D eigenvalue weighted by atomic mass is 32.2. The molecular weight excluding hydrogens is 372 g/mol. The quantitative estimate of drug-likeness (QED) is 0.592. The summed E-state index contributed by atoms with van der Waals surface area (Å²) in [6.07, 6.45) is 3.05. The lowest BCUT2D eigenvalue weighted by Crippen LogP contribution is -2.48. The van der Waals surface area contributed by atoms with E-state index in [0.29, 0.717) is 17.5 Å². The zero-order valence-electron chi connectivity index (χ0n) is 15.6. The summed E-state index contributed by atoms with van der Waals surface area (Å²) in [5, 5.41) is 18.2. The number of aromatic nitrogens is 4. The molecule has 0 aliphatic carbocycles. The first-order valence-electron chi connectivity index (χ1n) is 9.44. The number of β-amino-alcohol motifs (C(OH)–C–C–N with tert-alkyl or cyclic N) is 1. The van der Waals surface area contributed by atoms with Crippen molar-refractivity contribution in [2.75, 3.05) is 43.4 Å². The number of aliphatic hydroxyl groups is 1. The van der Waals surface area contributed by atoms with Crippen molar-refractivity contribution in [2.45, 2.75) is 11.3 Å². The number of nitrogens with one attached hydrogen (secondary N) is 1. The van der Waals surface area contributed by atoms with Crippen LogP contribution >= 0.6 is 11.8 Å². The maximum absolute atomic E-state index is 10.4. The van der Waals surface area contributed by atoms with Crippen molar-refractivity contribution in [2.24, 2.45) is 0 Å². The average Bonchev–Trinajstić information content (AvgIpc) is 3.23. The largest absolute Gasteiger partial charge is 0.391 e. The van der Waals surface area contributed by atoms with Crippen LogP contribution in [-0.2, 0) is 0 Å². The molecule has 2 aromatic heterocycles. The summed E-state index contributed by atoms with van der Waals surface area (Å²) < 4.78 is 0. The molecule has 7 nitrogen and oxygen atoms in total. The van der Waals surface area contributed by atoms with Crippen LogP contribution in [0.4, 0.5) is 5.69 Å². The molecule has 1 aliphatic heterocycles. The second-order valence-electron chi connectivity index (χ2n) is 6.79. The number of para-hydroxylation sites is 1. The Bertz CT molecular complexity index is 851. The van der Waals surface area contributed by atoms with E-state index in [2.05, 4.69) is 54.2 Å². The molecule has 0 saturated carbocycles. The van der Waals surface area contributed by atoms with Crippen LogP contribution in [0.5, 0.6) is 0 Å². The van der Waals surface area contributed by atoms with Gasteiger partial charge in [-0.3, -0.25) is 15.0 Å². The number of hydrogen-bond donors (Lipinski definition) is 2. The number of anilines is 1.